The summed E-state index contributed by atoms with van der Waals surface area (Å²) in [5, 5.41) is 8.66. The summed E-state index contributed by atoms with van der Waals surface area (Å²) in [5.41, 5.74) is 1.14. The van der Waals surface area contributed by atoms with Crippen LogP contribution in [0, 0.1) is 11.3 Å². The Bertz CT molecular complexity index is 412. The van der Waals surface area contributed by atoms with Gasteiger partial charge in [-0.15, -0.1) is 0 Å². The molecule has 0 amide bonds. The lowest BCUT2D eigenvalue weighted by molar-refractivity contribution is 0.174. The van der Waals surface area contributed by atoms with Crippen molar-refractivity contribution in [2.45, 2.75) is 13.5 Å². The second kappa shape index (κ2) is 4.86. The average molecular weight is 218 g/mol. The number of rotatable bonds is 4. The largest absolute Gasteiger partial charge is 0.454 e. The van der Waals surface area contributed by atoms with Gasteiger partial charge in [-0.3, -0.25) is 4.90 Å². The molecule has 0 bridgehead atoms. The smallest absolute Gasteiger partial charge is 0.231 e. The monoisotopic (exact) mass is 218 g/mol. The molecule has 0 unspecified atom stereocenters. The summed E-state index contributed by atoms with van der Waals surface area (Å²) >= 11 is 0. The third kappa shape index (κ3) is 2.26. The Balaban J connectivity index is 2.07. The summed E-state index contributed by atoms with van der Waals surface area (Å²) in [5.74, 6) is 1.59. The van der Waals surface area contributed by atoms with Crippen molar-refractivity contribution in [3.63, 3.8) is 0 Å². The van der Waals surface area contributed by atoms with E-state index in [0.29, 0.717) is 13.3 Å². The molecule has 4 nitrogen and oxygen atoms in total. The highest BCUT2D eigenvalue weighted by Crippen LogP contribution is 2.32. The van der Waals surface area contributed by atoms with Gasteiger partial charge in [0.25, 0.3) is 0 Å². The van der Waals surface area contributed by atoms with E-state index in [9.17, 15) is 0 Å². The van der Waals surface area contributed by atoms with Gasteiger partial charge in [0.15, 0.2) is 11.5 Å². The molecule has 0 saturated heterocycles. The molecule has 0 spiro atoms. The molecular weight excluding hydrogens is 204 g/mol. The SMILES string of the molecule is CCN(CC#N)Cc1ccc2c(c1)OCO2. The molecule has 0 radical (unpaired) electrons. The molecule has 16 heavy (non-hydrogen) atoms. The maximum absolute atomic E-state index is 8.66. The third-order valence-electron chi connectivity index (χ3n) is 2.58. The first-order valence-corrected chi connectivity index (χ1v) is 5.31. The molecule has 0 aromatic heterocycles. The van der Waals surface area contributed by atoms with Gasteiger partial charge < -0.3 is 9.47 Å². The molecule has 0 atom stereocenters. The van der Waals surface area contributed by atoms with Gasteiger partial charge in [0.1, 0.15) is 0 Å². The number of nitriles is 1. The van der Waals surface area contributed by atoms with Crippen molar-refractivity contribution in [1.29, 1.82) is 5.26 Å². The standard InChI is InChI=1S/C12H14N2O2/c1-2-14(6-5-13)8-10-3-4-11-12(7-10)16-9-15-11/h3-4,7H,2,6,8-9H2,1H3. The van der Waals surface area contributed by atoms with Crippen molar-refractivity contribution in [2.75, 3.05) is 19.9 Å². The minimum atomic E-state index is 0.300. The van der Waals surface area contributed by atoms with Gasteiger partial charge >= 0.3 is 0 Å². The predicted molar refractivity (Wildman–Crippen MR) is 59.1 cm³/mol. The second-order valence-corrected chi connectivity index (χ2v) is 3.65. The van der Waals surface area contributed by atoms with Gasteiger partial charge in [-0.2, -0.15) is 5.26 Å². The number of hydrogen-bond acceptors (Lipinski definition) is 4. The number of fused-ring (bicyclic) bond motifs is 1. The zero-order chi connectivity index (χ0) is 11.4. The number of ether oxygens (including phenoxy) is 2. The summed E-state index contributed by atoms with van der Waals surface area (Å²) in [6.45, 7) is 4.42. The summed E-state index contributed by atoms with van der Waals surface area (Å²) in [7, 11) is 0. The van der Waals surface area contributed by atoms with E-state index in [1.165, 1.54) is 0 Å². The fourth-order valence-electron chi connectivity index (χ4n) is 1.68. The average Bonchev–Trinajstić information content (AvgIpc) is 2.75. The van der Waals surface area contributed by atoms with Crippen LogP contribution in [0.2, 0.25) is 0 Å². The molecule has 84 valence electrons. The second-order valence-electron chi connectivity index (χ2n) is 3.65. The van der Waals surface area contributed by atoms with E-state index < -0.39 is 0 Å². The quantitative estimate of drug-likeness (QED) is 0.722. The lowest BCUT2D eigenvalue weighted by Crippen LogP contribution is -2.22. The molecule has 0 fully saturated rings. The first-order valence-electron chi connectivity index (χ1n) is 5.31. The molecule has 1 aliphatic heterocycles. The van der Waals surface area contributed by atoms with Crippen LogP contribution in [-0.4, -0.2) is 24.8 Å². The van der Waals surface area contributed by atoms with Gasteiger partial charge in [-0.05, 0) is 24.2 Å². The summed E-state index contributed by atoms with van der Waals surface area (Å²) in [6.07, 6.45) is 0. The Morgan fingerprint density at radius 2 is 2.19 bits per heavy atom. The van der Waals surface area contributed by atoms with Gasteiger partial charge in [-0.1, -0.05) is 13.0 Å². The minimum Gasteiger partial charge on any atom is -0.454 e. The Morgan fingerprint density at radius 1 is 1.38 bits per heavy atom. The number of hydrogen-bond donors (Lipinski definition) is 0. The maximum Gasteiger partial charge on any atom is 0.231 e. The summed E-state index contributed by atoms with van der Waals surface area (Å²) in [6, 6.07) is 8.06. The lowest BCUT2D eigenvalue weighted by Gasteiger charge is -2.16. The van der Waals surface area contributed by atoms with E-state index in [2.05, 4.69) is 11.0 Å². The van der Waals surface area contributed by atoms with Crippen LogP contribution in [0.1, 0.15) is 12.5 Å². The topological polar surface area (TPSA) is 45.5 Å². The molecule has 1 heterocycles. The Hall–Kier alpha value is -1.73. The summed E-state index contributed by atoms with van der Waals surface area (Å²) in [4.78, 5) is 2.07. The van der Waals surface area contributed by atoms with Crippen LogP contribution in [0.3, 0.4) is 0 Å². The van der Waals surface area contributed by atoms with Gasteiger partial charge in [0, 0.05) is 6.54 Å². The summed E-state index contributed by atoms with van der Waals surface area (Å²) < 4.78 is 10.6. The number of benzene rings is 1. The Kier molecular flexibility index (Phi) is 3.28. The molecule has 0 saturated carbocycles. The molecule has 1 aromatic carbocycles. The van der Waals surface area contributed by atoms with E-state index in [-0.39, 0.29) is 0 Å². The lowest BCUT2D eigenvalue weighted by atomic mass is 10.2. The first-order chi connectivity index (χ1) is 7.83. The molecular formula is C12H14N2O2. The van der Waals surface area contributed by atoms with Crippen molar-refractivity contribution < 1.29 is 9.47 Å². The van der Waals surface area contributed by atoms with E-state index in [1.807, 2.05) is 25.1 Å². The molecule has 0 N–H and O–H groups in total. The molecule has 1 aliphatic rings. The molecule has 0 aliphatic carbocycles. The first kappa shape index (κ1) is 10.8. The zero-order valence-electron chi connectivity index (χ0n) is 9.27. The minimum absolute atomic E-state index is 0.300. The van der Waals surface area contributed by atoms with Crippen molar-refractivity contribution in [1.82, 2.24) is 4.90 Å². The van der Waals surface area contributed by atoms with Crippen LogP contribution < -0.4 is 9.47 Å². The van der Waals surface area contributed by atoms with Gasteiger partial charge in [-0.25, -0.2) is 0 Å². The Labute approximate surface area is 95.0 Å². The highest BCUT2D eigenvalue weighted by atomic mass is 16.7. The van der Waals surface area contributed by atoms with Crippen LogP contribution in [-0.2, 0) is 6.54 Å². The molecule has 1 aromatic rings. The van der Waals surface area contributed by atoms with E-state index in [1.54, 1.807) is 0 Å². The number of nitrogens with zero attached hydrogens (tertiary/aromatic N) is 2. The van der Waals surface area contributed by atoms with Crippen LogP contribution in [0.25, 0.3) is 0 Å². The van der Waals surface area contributed by atoms with Crippen molar-refractivity contribution in [3.05, 3.63) is 23.8 Å². The van der Waals surface area contributed by atoms with E-state index in [0.717, 1.165) is 30.2 Å². The van der Waals surface area contributed by atoms with Crippen molar-refractivity contribution in [3.8, 4) is 17.6 Å². The predicted octanol–water partition coefficient (Wildman–Crippen LogP) is 1.76. The van der Waals surface area contributed by atoms with Crippen molar-refractivity contribution in [2.24, 2.45) is 0 Å². The third-order valence-corrected chi connectivity index (χ3v) is 2.58. The molecule has 2 rings (SSSR count). The van der Waals surface area contributed by atoms with Crippen LogP contribution >= 0.6 is 0 Å². The molecule has 4 heteroatoms. The van der Waals surface area contributed by atoms with Crippen molar-refractivity contribution >= 4 is 0 Å². The van der Waals surface area contributed by atoms with Crippen LogP contribution in [0.4, 0.5) is 0 Å². The maximum atomic E-state index is 8.66. The van der Waals surface area contributed by atoms with Crippen LogP contribution in [0.5, 0.6) is 11.5 Å². The Morgan fingerprint density at radius 3 is 2.94 bits per heavy atom. The zero-order valence-corrected chi connectivity index (χ0v) is 9.27. The van der Waals surface area contributed by atoms with E-state index >= 15 is 0 Å². The van der Waals surface area contributed by atoms with Gasteiger partial charge in [0.05, 0.1) is 12.6 Å². The fourth-order valence-corrected chi connectivity index (χ4v) is 1.68. The van der Waals surface area contributed by atoms with E-state index in [4.69, 9.17) is 14.7 Å². The fraction of sp³-hybridized carbons (Fsp3) is 0.417. The van der Waals surface area contributed by atoms with Crippen LogP contribution in [0.15, 0.2) is 18.2 Å². The van der Waals surface area contributed by atoms with Gasteiger partial charge in [0.2, 0.25) is 6.79 Å². The highest BCUT2D eigenvalue weighted by molar-refractivity contribution is 5.44. The highest BCUT2D eigenvalue weighted by Gasteiger charge is 2.13. The normalized spacial score (nSPS) is 12.8.